The number of hydrogen-bond donors (Lipinski definition) is 0. The molecule has 3 saturated heterocycles. The van der Waals surface area contributed by atoms with Gasteiger partial charge < -0.3 is 31.6 Å². The predicted octanol–water partition coefficient (Wildman–Crippen LogP) is 6.22. The summed E-state index contributed by atoms with van der Waals surface area (Å²) in [6, 6.07) is 2.52. The third kappa shape index (κ3) is 6.42. The van der Waals surface area contributed by atoms with Crippen LogP contribution in [-0.2, 0) is 4.79 Å². The molecule has 3 aromatic rings. The fraction of sp³-hybridized carbons (Fsp3) is 0.485. The van der Waals surface area contributed by atoms with E-state index in [0.29, 0.717) is 35.4 Å². The number of rotatable bonds is 5. The average Bonchev–Trinajstić information content (AvgIpc) is 3.45. The third-order valence-corrected chi connectivity index (χ3v) is 9.73. The van der Waals surface area contributed by atoms with Gasteiger partial charge in [-0.3, -0.25) is 9.78 Å². The van der Waals surface area contributed by atoms with Crippen molar-refractivity contribution >= 4 is 34.2 Å². The predicted molar refractivity (Wildman–Crippen MR) is 165 cm³/mol. The number of likely N-dealkylation sites (tertiary alicyclic amines) is 1. The second-order valence-corrected chi connectivity index (χ2v) is 13.0. The minimum Gasteiger partial charge on any atom is -0.407 e. The third-order valence-electron chi connectivity index (χ3n) is 9.42. The first kappa shape index (κ1) is 33.3. The van der Waals surface area contributed by atoms with Crippen LogP contribution in [0.3, 0.4) is 0 Å². The summed E-state index contributed by atoms with van der Waals surface area (Å²) in [5.74, 6) is 0.192. The molecule has 1 aliphatic carbocycles. The summed E-state index contributed by atoms with van der Waals surface area (Å²) in [5, 5.41) is 0.699. The summed E-state index contributed by atoms with van der Waals surface area (Å²) in [6.07, 6.45) is 12.0. The number of halogens is 3. The Morgan fingerprint density at radius 1 is 1.23 bits per heavy atom. The van der Waals surface area contributed by atoms with Crippen LogP contribution in [0.4, 0.5) is 14.6 Å². The van der Waals surface area contributed by atoms with Gasteiger partial charge in [0, 0.05) is 53.6 Å². The number of aromatic nitrogens is 3. The molecule has 7 nitrogen and oxygen atoms in total. The molecule has 0 spiro atoms. The van der Waals surface area contributed by atoms with E-state index in [-0.39, 0.29) is 65.2 Å². The van der Waals surface area contributed by atoms with Gasteiger partial charge >= 0.3 is 31.1 Å². The van der Waals surface area contributed by atoms with Crippen LogP contribution in [0, 0.1) is 61.9 Å². The summed E-state index contributed by atoms with van der Waals surface area (Å²) >= 11 is 6.31. The standard InChI is InChI=1S/C24H21ClF2N5O.C9H16N.U/c1-3-19(33)32-7-6-15(11-32)31(2)24-17-10-28-22(21(27)23(17)29-12-30-24)16-8-14(26)9-18(25)20(16)13-4-5-13;1-8-6-9(2)4-3-5-10(9)7-8;/h3,8-10,13,15H,1,4-7,11H2,2H3;8H,2-7H2,1H3;/q2*-1;+2/t15-;8-,9?;/m11./s1. The number of carbonyl (C=O) groups excluding carboxylic acids is 1. The molecule has 1 amide bonds. The van der Waals surface area contributed by atoms with E-state index < -0.39 is 11.6 Å². The van der Waals surface area contributed by atoms with Crippen molar-refractivity contribution in [3.63, 3.8) is 0 Å². The molecule has 11 heteroatoms. The zero-order valence-electron chi connectivity index (χ0n) is 25.3. The molecule has 0 radical (unpaired) electrons. The van der Waals surface area contributed by atoms with E-state index in [2.05, 4.69) is 46.6 Å². The van der Waals surface area contributed by atoms with Gasteiger partial charge in [-0.15, -0.1) is 5.54 Å². The molecule has 1 saturated carbocycles. The van der Waals surface area contributed by atoms with Crippen LogP contribution in [0.2, 0.25) is 5.02 Å². The summed E-state index contributed by atoms with van der Waals surface area (Å²) in [5.41, 5.74) is 1.49. The second-order valence-electron chi connectivity index (χ2n) is 12.6. The zero-order chi connectivity index (χ0) is 30.5. The van der Waals surface area contributed by atoms with E-state index in [1.165, 1.54) is 56.8 Å². The number of carbonyl (C=O) groups is 1. The van der Waals surface area contributed by atoms with E-state index in [1.807, 2.05) is 11.9 Å². The maximum atomic E-state index is 15.7. The number of benzene rings is 1. The number of fused-ring (bicyclic) bond motifs is 2. The minimum absolute atomic E-state index is 0. The Kier molecular flexibility index (Phi) is 10.1. The van der Waals surface area contributed by atoms with Gasteiger partial charge in [0.25, 0.3) is 0 Å². The van der Waals surface area contributed by atoms with Crippen molar-refractivity contribution in [1.82, 2.24) is 24.8 Å². The Morgan fingerprint density at radius 2 is 2.00 bits per heavy atom. The van der Waals surface area contributed by atoms with E-state index >= 15 is 4.39 Å². The van der Waals surface area contributed by atoms with Gasteiger partial charge in [0.2, 0.25) is 5.91 Å². The second kappa shape index (κ2) is 13.3. The normalized spacial score (nSPS) is 24.5. The molecule has 0 bridgehead atoms. The maximum absolute atomic E-state index is 15.7. The molecule has 230 valence electrons. The van der Waals surface area contributed by atoms with Crippen LogP contribution in [-0.4, -0.2) is 75.5 Å². The molecular formula is C33H37ClF2N6OU. The topological polar surface area (TPSA) is 65.5 Å². The van der Waals surface area contributed by atoms with E-state index in [4.69, 9.17) is 11.6 Å². The average molecular weight is 845 g/mol. The van der Waals surface area contributed by atoms with Crippen LogP contribution in [0.25, 0.3) is 22.2 Å². The Bertz CT molecular complexity index is 1570. The van der Waals surface area contributed by atoms with Gasteiger partial charge in [-0.25, -0.2) is 8.78 Å². The van der Waals surface area contributed by atoms with Crippen molar-refractivity contribution in [3.8, 4) is 11.3 Å². The molecule has 1 unspecified atom stereocenters. The van der Waals surface area contributed by atoms with E-state index in [0.717, 1.165) is 30.7 Å². The van der Waals surface area contributed by atoms with Crippen molar-refractivity contribution in [1.29, 1.82) is 0 Å². The fourth-order valence-electron chi connectivity index (χ4n) is 7.12. The number of nitrogens with zero attached hydrogens (tertiary/aromatic N) is 6. The summed E-state index contributed by atoms with van der Waals surface area (Å²) in [4.78, 5) is 30.8. The largest absolute Gasteiger partial charge is 2.00 e. The van der Waals surface area contributed by atoms with Crippen LogP contribution in [0.5, 0.6) is 0 Å². The quantitative estimate of drug-likeness (QED) is 0.225. The van der Waals surface area contributed by atoms with E-state index in [9.17, 15) is 9.18 Å². The Morgan fingerprint density at radius 3 is 2.70 bits per heavy atom. The molecule has 1 aromatic carbocycles. The summed E-state index contributed by atoms with van der Waals surface area (Å²) < 4.78 is 29.9. The van der Waals surface area contributed by atoms with Crippen LogP contribution < -0.4 is 4.90 Å². The monoisotopic (exact) mass is 844 g/mol. The van der Waals surface area contributed by atoms with Gasteiger partial charge in [0.1, 0.15) is 11.6 Å². The number of anilines is 1. The zero-order valence-corrected chi connectivity index (χ0v) is 30.2. The first-order chi connectivity index (χ1) is 20.6. The Hall–Kier alpha value is -2.12. The van der Waals surface area contributed by atoms with Crippen LogP contribution in [0.15, 0.2) is 31.0 Å². The molecule has 2 aromatic heterocycles. The Labute approximate surface area is 286 Å². The smallest absolute Gasteiger partial charge is 0.407 e. The number of hydrogen-bond acceptors (Lipinski definition) is 6. The molecule has 3 aliphatic heterocycles. The Balaban J connectivity index is 0.000000295. The SMILES string of the molecule is C=CC(=O)N1CC[C@@H](N(C)c2n[c-]nc3c(F)c(-c4cc(F)cc(Cl)c4C4CC4)ncc23)C1.[CH2-]C12CCCN1C[C@H](C)C2.[U+2]. The van der Waals surface area contributed by atoms with Crippen molar-refractivity contribution in [3.05, 3.63) is 66.5 Å². The van der Waals surface area contributed by atoms with Crippen molar-refractivity contribution in [2.24, 2.45) is 5.92 Å². The number of amides is 1. The fourth-order valence-corrected chi connectivity index (χ4v) is 7.48. The molecule has 4 aliphatic rings. The maximum Gasteiger partial charge on any atom is 2.00 e. The van der Waals surface area contributed by atoms with Crippen molar-refractivity contribution < 1.29 is 44.7 Å². The number of likely N-dealkylation sites (N-methyl/N-ethyl adjacent to an activating group) is 1. The summed E-state index contributed by atoms with van der Waals surface area (Å²) in [6.45, 7) is 13.9. The number of pyridine rings is 1. The molecule has 5 heterocycles. The van der Waals surface area contributed by atoms with Crippen molar-refractivity contribution in [2.45, 2.75) is 62.9 Å². The van der Waals surface area contributed by atoms with Crippen molar-refractivity contribution in [2.75, 3.05) is 38.1 Å². The minimum atomic E-state index is -0.667. The van der Waals surface area contributed by atoms with Gasteiger partial charge in [0.05, 0.1) is 5.69 Å². The van der Waals surface area contributed by atoms with Crippen LogP contribution >= 0.6 is 11.6 Å². The first-order valence-electron chi connectivity index (χ1n) is 15.1. The molecule has 0 N–H and O–H groups in total. The van der Waals surface area contributed by atoms with Crippen LogP contribution in [0.1, 0.15) is 56.9 Å². The van der Waals surface area contributed by atoms with Gasteiger partial charge in [-0.2, -0.15) is 0 Å². The van der Waals surface area contributed by atoms with E-state index in [1.54, 1.807) is 4.90 Å². The molecule has 4 fully saturated rings. The molecule has 7 rings (SSSR count). The van der Waals surface area contributed by atoms with Gasteiger partial charge in [0.15, 0.2) is 0 Å². The molecule has 3 atom stereocenters. The summed E-state index contributed by atoms with van der Waals surface area (Å²) in [7, 11) is 1.84. The molecular weight excluding hydrogens is 808 g/mol. The van der Waals surface area contributed by atoms with Gasteiger partial charge in [-0.1, -0.05) is 37.9 Å². The molecule has 44 heavy (non-hydrogen) atoms. The van der Waals surface area contributed by atoms with Gasteiger partial charge in [-0.05, 0) is 86.8 Å². The first-order valence-corrected chi connectivity index (χ1v) is 15.4.